The summed E-state index contributed by atoms with van der Waals surface area (Å²) in [6, 6.07) is 0. The second kappa shape index (κ2) is 6.99. The summed E-state index contributed by atoms with van der Waals surface area (Å²) < 4.78 is 0. The summed E-state index contributed by atoms with van der Waals surface area (Å²) >= 11 is 0. The summed E-state index contributed by atoms with van der Waals surface area (Å²) in [6.07, 6.45) is 5.10. The molecule has 0 rings (SSSR count). The molecule has 0 aliphatic heterocycles. The summed E-state index contributed by atoms with van der Waals surface area (Å²) in [5.74, 6) is 0. The van der Waals surface area contributed by atoms with Crippen molar-refractivity contribution in [3.63, 3.8) is 0 Å². The lowest BCUT2D eigenvalue weighted by Gasteiger charge is -1.99. The smallest absolute Gasteiger partial charge is 0.207 e. The summed E-state index contributed by atoms with van der Waals surface area (Å²) in [5, 5.41) is 2.59. The van der Waals surface area contributed by atoms with Crippen LogP contribution in [0.15, 0.2) is 16.8 Å². The van der Waals surface area contributed by atoms with Crippen LogP contribution < -0.4 is 5.32 Å². The molecule has 62 valence electrons. The fourth-order valence-corrected chi connectivity index (χ4v) is 0.615. The summed E-state index contributed by atoms with van der Waals surface area (Å²) in [7, 11) is 0. The van der Waals surface area contributed by atoms with Gasteiger partial charge in [-0.2, -0.15) is 0 Å². The molecule has 0 saturated carbocycles. The molecular formula is C8H14N2O. The molecule has 1 amide bonds. The number of rotatable bonds is 5. The number of amides is 1. The molecule has 0 saturated heterocycles. The molecule has 0 spiro atoms. The maximum absolute atomic E-state index is 9.92. The topological polar surface area (TPSA) is 41.5 Å². The Bertz CT molecular complexity index is 161. The molecule has 0 aliphatic carbocycles. The van der Waals surface area contributed by atoms with Crippen LogP contribution in [-0.2, 0) is 4.79 Å². The van der Waals surface area contributed by atoms with Crippen molar-refractivity contribution in [2.45, 2.75) is 20.3 Å². The predicted octanol–water partition coefficient (Wildman–Crippen LogP) is 1.12. The Balaban J connectivity index is 3.82. The Morgan fingerprint density at radius 1 is 1.64 bits per heavy atom. The van der Waals surface area contributed by atoms with E-state index in [1.807, 2.05) is 13.8 Å². The molecule has 0 aromatic carbocycles. The maximum Gasteiger partial charge on any atom is 0.207 e. The van der Waals surface area contributed by atoms with Crippen LogP contribution in [0, 0.1) is 0 Å². The van der Waals surface area contributed by atoms with E-state index in [0.717, 1.165) is 12.0 Å². The predicted molar refractivity (Wildman–Crippen MR) is 46.6 cm³/mol. The van der Waals surface area contributed by atoms with E-state index in [0.29, 0.717) is 13.0 Å². The van der Waals surface area contributed by atoms with Gasteiger partial charge in [-0.1, -0.05) is 6.92 Å². The molecule has 0 heterocycles. The van der Waals surface area contributed by atoms with Gasteiger partial charge in [0.05, 0.1) is 0 Å². The molecule has 1 N–H and O–H groups in total. The van der Waals surface area contributed by atoms with Gasteiger partial charge in [0.1, 0.15) is 0 Å². The van der Waals surface area contributed by atoms with E-state index in [-0.39, 0.29) is 0 Å². The van der Waals surface area contributed by atoms with Crippen molar-refractivity contribution >= 4 is 12.6 Å². The highest BCUT2D eigenvalue weighted by Gasteiger charge is 1.89. The first-order valence-corrected chi connectivity index (χ1v) is 3.67. The van der Waals surface area contributed by atoms with Crippen molar-refractivity contribution in [3.05, 3.63) is 11.8 Å². The van der Waals surface area contributed by atoms with Gasteiger partial charge in [-0.15, -0.1) is 0 Å². The monoisotopic (exact) mass is 154 g/mol. The lowest BCUT2D eigenvalue weighted by molar-refractivity contribution is -0.109. The van der Waals surface area contributed by atoms with Crippen molar-refractivity contribution < 1.29 is 4.79 Å². The van der Waals surface area contributed by atoms with E-state index in [2.05, 4.69) is 10.3 Å². The zero-order valence-electron chi connectivity index (χ0n) is 7.00. The number of hydrogen-bond acceptors (Lipinski definition) is 2. The van der Waals surface area contributed by atoms with Gasteiger partial charge in [-0.25, -0.2) is 0 Å². The molecule has 0 unspecified atom stereocenters. The number of carbonyl (C=O) groups is 1. The Labute approximate surface area is 67.2 Å². The molecule has 0 aromatic heterocycles. The molecule has 0 fully saturated rings. The van der Waals surface area contributed by atoms with E-state index in [1.165, 1.54) is 0 Å². The third kappa shape index (κ3) is 5.33. The third-order valence-corrected chi connectivity index (χ3v) is 1.27. The van der Waals surface area contributed by atoms with Crippen LogP contribution in [0.3, 0.4) is 0 Å². The quantitative estimate of drug-likeness (QED) is 0.468. The molecule has 0 aromatic rings. The Morgan fingerprint density at radius 2 is 2.36 bits per heavy atom. The Kier molecular flexibility index (Phi) is 6.28. The lowest BCUT2D eigenvalue weighted by atomic mass is 10.2. The zero-order valence-corrected chi connectivity index (χ0v) is 7.00. The second-order valence-corrected chi connectivity index (χ2v) is 2.05. The number of nitrogens with one attached hydrogen (secondary N) is 1. The molecule has 0 radical (unpaired) electrons. The van der Waals surface area contributed by atoms with E-state index >= 15 is 0 Å². The first-order chi connectivity index (χ1) is 5.35. The van der Waals surface area contributed by atoms with Crippen LogP contribution in [0.5, 0.6) is 0 Å². The molecule has 3 nitrogen and oxygen atoms in total. The van der Waals surface area contributed by atoms with Crippen molar-refractivity contribution in [2.24, 2.45) is 4.99 Å². The van der Waals surface area contributed by atoms with Gasteiger partial charge >= 0.3 is 0 Å². The largest absolute Gasteiger partial charge is 0.355 e. The third-order valence-electron chi connectivity index (χ3n) is 1.27. The van der Waals surface area contributed by atoms with Gasteiger partial charge in [-0.05, 0) is 18.9 Å². The minimum absolute atomic E-state index is 0.595. The number of nitrogens with zero attached hydrogens (tertiary/aromatic N) is 1. The molecule has 11 heavy (non-hydrogen) atoms. The van der Waals surface area contributed by atoms with Crippen LogP contribution in [-0.4, -0.2) is 19.2 Å². The zero-order chi connectivity index (χ0) is 8.53. The van der Waals surface area contributed by atoms with Crippen molar-refractivity contribution in [2.75, 3.05) is 6.54 Å². The maximum atomic E-state index is 9.92. The van der Waals surface area contributed by atoms with Crippen LogP contribution in [0.2, 0.25) is 0 Å². The highest BCUT2D eigenvalue weighted by molar-refractivity contribution is 5.54. The molecule has 0 bridgehead atoms. The highest BCUT2D eigenvalue weighted by Crippen LogP contribution is 1.97. The second-order valence-electron chi connectivity index (χ2n) is 2.05. The Hall–Kier alpha value is -1.12. The van der Waals surface area contributed by atoms with Gasteiger partial charge in [0.25, 0.3) is 0 Å². The van der Waals surface area contributed by atoms with Gasteiger partial charge in [0.2, 0.25) is 6.41 Å². The Morgan fingerprint density at radius 3 is 2.82 bits per heavy atom. The number of carbonyl (C=O) groups excluding carboxylic acids is 1. The molecule has 3 heteroatoms. The normalized spacial score (nSPS) is 12.0. The average molecular weight is 154 g/mol. The van der Waals surface area contributed by atoms with Crippen LogP contribution >= 0.6 is 0 Å². The summed E-state index contributed by atoms with van der Waals surface area (Å²) in [5.41, 5.74) is 1.12. The van der Waals surface area contributed by atoms with Crippen LogP contribution in [0.1, 0.15) is 20.3 Å². The fourth-order valence-electron chi connectivity index (χ4n) is 0.615. The van der Waals surface area contributed by atoms with E-state index < -0.39 is 0 Å². The SMILES string of the molecule is CC=N/C=C(\CC)CNC=O. The van der Waals surface area contributed by atoms with E-state index in [4.69, 9.17) is 0 Å². The van der Waals surface area contributed by atoms with Gasteiger partial charge < -0.3 is 5.32 Å². The van der Waals surface area contributed by atoms with Gasteiger partial charge in [0, 0.05) is 19.0 Å². The number of aliphatic imine (C=N–C) groups is 1. The first-order valence-electron chi connectivity index (χ1n) is 3.67. The standard InChI is InChI=1S/C8H14N2O/c1-3-8(5-9-4-2)6-10-7-11/h4-5,7H,3,6H2,1-2H3,(H,10,11)/b8-5+,9-4?. The molecule has 0 aliphatic rings. The number of hydrogen-bond donors (Lipinski definition) is 1. The van der Waals surface area contributed by atoms with Crippen molar-refractivity contribution in [1.29, 1.82) is 0 Å². The van der Waals surface area contributed by atoms with E-state index in [9.17, 15) is 4.79 Å². The van der Waals surface area contributed by atoms with Crippen molar-refractivity contribution in [1.82, 2.24) is 5.32 Å². The lowest BCUT2D eigenvalue weighted by Crippen LogP contribution is -2.13. The van der Waals surface area contributed by atoms with Gasteiger partial charge in [0.15, 0.2) is 0 Å². The fraction of sp³-hybridized carbons (Fsp3) is 0.500. The molecule has 0 atom stereocenters. The highest BCUT2D eigenvalue weighted by atomic mass is 16.1. The van der Waals surface area contributed by atoms with E-state index in [1.54, 1.807) is 12.4 Å². The van der Waals surface area contributed by atoms with Crippen LogP contribution in [0.25, 0.3) is 0 Å². The molecular weight excluding hydrogens is 140 g/mol. The minimum atomic E-state index is 0.595. The van der Waals surface area contributed by atoms with Crippen LogP contribution in [0.4, 0.5) is 0 Å². The minimum Gasteiger partial charge on any atom is -0.355 e. The average Bonchev–Trinajstić information content (AvgIpc) is 2.05. The van der Waals surface area contributed by atoms with Gasteiger partial charge in [-0.3, -0.25) is 9.79 Å². The summed E-state index contributed by atoms with van der Waals surface area (Å²) in [6.45, 7) is 4.48. The van der Waals surface area contributed by atoms with Crippen molar-refractivity contribution in [3.8, 4) is 0 Å². The summed E-state index contributed by atoms with van der Waals surface area (Å²) in [4.78, 5) is 13.9. The first kappa shape index (κ1) is 9.88.